The van der Waals surface area contributed by atoms with E-state index in [1.807, 2.05) is 14.2 Å². The number of nitrogens with one attached hydrogen (secondary N) is 1. The Hall–Kier alpha value is -0.0800. The van der Waals surface area contributed by atoms with Gasteiger partial charge in [0.05, 0.1) is 5.60 Å². The van der Waals surface area contributed by atoms with Gasteiger partial charge in [-0.2, -0.15) is 0 Å². The molecule has 1 saturated carbocycles. The van der Waals surface area contributed by atoms with Gasteiger partial charge in [-0.15, -0.1) is 0 Å². The van der Waals surface area contributed by atoms with E-state index in [1.54, 1.807) is 0 Å². The highest BCUT2D eigenvalue weighted by Gasteiger charge is 2.40. The SMILES string of the molecule is CNCC1(OC)CCCC(C)C1C. The first-order chi connectivity index (χ1) is 6.16. The number of likely N-dealkylation sites (N-methyl/N-ethyl adjacent to an activating group) is 1. The molecule has 0 spiro atoms. The number of hydrogen-bond donors (Lipinski definition) is 1. The largest absolute Gasteiger partial charge is 0.377 e. The van der Waals surface area contributed by atoms with Crippen molar-refractivity contribution >= 4 is 0 Å². The molecular formula is C11H23NO. The van der Waals surface area contributed by atoms with Gasteiger partial charge in [-0.3, -0.25) is 0 Å². The van der Waals surface area contributed by atoms with Crippen LogP contribution in [0.25, 0.3) is 0 Å². The first-order valence-electron chi connectivity index (χ1n) is 5.36. The van der Waals surface area contributed by atoms with Gasteiger partial charge in [-0.1, -0.05) is 26.7 Å². The van der Waals surface area contributed by atoms with Crippen LogP contribution in [-0.2, 0) is 4.74 Å². The Labute approximate surface area is 82.0 Å². The topological polar surface area (TPSA) is 21.3 Å². The molecule has 0 saturated heterocycles. The third kappa shape index (κ3) is 2.05. The maximum absolute atomic E-state index is 5.74. The number of hydrogen-bond acceptors (Lipinski definition) is 2. The van der Waals surface area contributed by atoms with Gasteiger partial charge in [0.1, 0.15) is 0 Å². The Bertz CT molecular complexity index is 156. The molecule has 3 unspecified atom stereocenters. The highest BCUT2D eigenvalue weighted by molar-refractivity contribution is 4.93. The molecule has 78 valence electrons. The van der Waals surface area contributed by atoms with E-state index >= 15 is 0 Å². The van der Waals surface area contributed by atoms with E-state index in [-0.39, 0.29) is 5.60 Å². The van der Waals surface area contributed by atoms with Crippen molar-refractivity contribution in [3.05, 3.63) is 0 Å². The van der Waals surface area contributed by atoms with Crippen molar-refractivity contribution in [3.63, 3.8) is 0 Å². The molecule has 0 aromatic heterocycles. The summed E-state index contributed by atoms with van der Waals surface area (Å²) in [6.45, 7) is 5.65. The minimum absolute atomic E-state index is 0.0897. The summed E-state index contributed by atoms with van der Waals surface area (Å²) in [5, 5.41) is 3.26. The predicted octanol–water partition coefficient (Wildman–Crippen LogP) is 2.05. The molecule has 0 bridgehead atoms. The molecule has 1 N–H and O–H groups in total. The molecule has 0 radical (unpaired) electrons. The van der Waals surface area contributed by atoms with E-state index in [1.165, 1.54) is 19.3 Å². The number of ether oxygens (including phenoxy) is 1. The summed E-state index contributed by atoms with van der Waals surface area (Å²) >= 11 is 0. The van der Waals surface area contributed by atoms with Crippen molar-refractivity contribution in [1.82, 2.24) is 5.32 Å². The van der Waals surface area contributed by atoms with E-state index < -0.39 is 0 Å². The van der Waals surface area contributed by atoms with Crippen LogP contribution in [0, 0.1) is 11.8 Å². The zero-order valence-corrected chi connectivity index (χ0v) is 9.39. The van der Waals surface area contributed by atoms with E-state index in [0.717, 1.165) is 12.5 Å². The monoisotopic (exact) mass is 185 g/mol. The van der Waals surface area contributed by atoms with Crippen molar-refractivity contribution in [2.45, 2.75) is 38.7 Å². The molecule has 0 amide bonds. The second-order valence-corrected chi connectivity index (χ2v) is 4.46. The molecule has 1 rings (SSSR count). The Kier molecular flexibility index (Phi) is 3.74. The fourth-order valence-corrected chi connectivity index (χ4v) is 2.63. The Morgan fingerprint density at radius 3 is 2.69 bits per heavy atom. The fourth-order valence-electron chi connectivity index (χ4n) is 2.63. The first kappa shape index (κ1) is 11.0. The average molecular weight is 185 g/mol. The van der Waals surface area contributed by atoms with Gasteiger partial charge < -0.3 is 10.1 Å². The minimum Gasteiger partial charge on any atom is -0.377 e. The molecule has 0 aromatic rings. The molecule has 13 heavy (non-hydrogen) atoms. The lowest BCUT2D eigenvalue weighted by Crippen LogP contribution is -2.51. The van der Waals surface area contributed by atoms with Gasteiger partial charge in [-0.25, -0.2) is 0 Å². The van der Waals surface area contributed by atoms with Crippen LogP contribution in [0.5, 0.6) is 0 Å². The Morgan fingerprint density at radius 2 is 2.15 bits per heavy atom. The third-order valence-electron chi connectivity index (χ3n) is 3.83. The fraction of sp³-hybridized carbons (Fsp3) is 1.00. The van der Waals surface area contributed by atoms with Gasteiger partial charge in [0.15, 0.2) is 0 Å². The Morgan fingerprint density at radius 1 is 1.46 bits per heavy atom. The minimum atomic E-state index is 0.0897. The maximum Gasteiger partial charge on any atom is 0.0830 e. The number of rotatable bonds is 3. The van der Waals surface area contributed by atoms with Crippen molar-refractivity contribution in [2.24, 2.45) is 11.8 Å². The summed E-state index contributed by atoms with van der Waals surface area (Å²) < 4.78 is 5.74. The van der Waals surface area contributed by atoms with Crippen LogP contribution >= 0.6 is 0 Å². The molecule has 3 atom stereocenters. The zero-order valence-electron chi connectivity index (χ0n) is 9.39. The summed E-state index contributed by atoms with van der Waals surface area (Å²) in [4.78, 5) is 0. The Balaban J connectivity index is 2.70. The third-order valence-corrected chi connectivity index (χ3v) is 3.83. The highest BCUT2D eigenvalue weighted by Crippen LogP contribution is 2.39. The van der Waals surface area contributed by atoms with Crippen LogP contribution in [0.1, 0.15) is 33.1 Å². The lowest BCUT2D eigenvalue weighted by atomic mass is 9.70. The average Bonchev–Trinajstić information content (AvgIpc) is 2.13. The molecule has 0 heterocycles. The molecule has 0 aromatic carbocycles. The lowest BCUT2D eigenvalue weighted by molar-refractivity contribution is -0.0914. The van der Waals surface area contributed by atoms with Crippen LogP contribution < -0.4 is 5.32 Å². The van der Waals surface area contributed by atoms with E-state index in [4.69, 9.17) is 4.74 Å². The van der Waals surface area contributed by atoms with Gasteiger partial charge in [0, 0.05) is 13.7 Å². The van der Waals surface area contributed by atoms with E-state index in [2.05, 4.69) is 19.2 Å². The van der Waals surface area contributed by atoms with Crippen LogP contribution in [0.15, 0.2) is 0 Å². The number of methoxy groups -OCH3 is 1. The molecule has 1 fully saturated rings. The second kappa shape index (κ2) is 4.43. The van der Waals surface area contributed by atoms with Gasteiger partial charge in [0.25, 0.3) is 0 Å². The summed E-state index contributed by atoms with van der Waals surface area (Å²) in [5.41, 5.74) is 0.0897. The van der Waals surface area contributed by atoms with Crippen LogP contribution in [0.3, 0.4) is 0 Å². The summed E-state index contributed by atoms with van der Waals surface area (Å²) in [6.07, 6.45) is 3.87. The van der Waals surface area contributed by atoms with E-state index in [9.17, 15) is 0 Å². The maximum atomic E-state index is 5.74. The van der Waals surface area contributed by atoms with Crippen LogP contribution in [0.4, 0.5) is 0 Å². The predicted molar refractivity (Wildman–Crippen MR) is 55.8 cm³/mol. The summed E-state index contributed by atoms with van der Waals surface area (Å²) in [6, 6.07) is 0. The molecule has 0 aliphatic heterocycles. The van der Waals surface area contributed by atoms with Crippen molar-refractivity contribution in [2.75, 3.05) is 20.7 Å². The molecule has 1 aliphatic carbocycles. The van der Waals surface area contributed by atoms with E-state index in [0.29, 0.717) is 5.92 Å². The quantitative estimate of drug-likeness (QED) is 0.726. The normalized spacial score (nSPS) is 40.6. The summed E-state index contributed by atoms with van der Waals surface area (Å²) in [7, 11) is 3.86. The van der Waals surface area contributed by atoms with Crippen LogP contribution in [-0.4, -0.2) is 26.3 Å². The molecule has 1 aliphatic rings. The first-order valence-corrected chi connectivity index (χ1v) is 5.36. The molecule has 2 heteroatoms. The highest BCUT2D eigenvalue weighted by atomic mass is 16.5. The van der Waals surface area contributed by atoms with Gasteiger partial charge >= 0.3 is 0 Å². The molecule has 2 nitrogen and oxygen atoms in total. The van der Waals surface area contributed by atoms with Crippen LogP contribution in [0.2, 0.25) is 0 Å². The standard InChI is InChI=1S/C11H23NO/c1-9-6-5-7-11(13-4,8-12-3)10(9)2/h9-10,12H,5-8H2,1-4H3. The van der Waals surface area contributed by atoms with Gasteiger partial charge in [0.2, 0.25) is 0 Å². The van der Waals surface area contributed by atoms with Crippen molar-refractivity contribution < 1.29 is 4.74 Å². The van der Waals surface area contributed by atoms with Crippen molar-refractivity contribution in [1.29, 1.82) is 0 Å². The second-order valence-electron chi connectivity index (χ2n) is 4.46. The lowest BCUT2D eigenvalue weighted by Gasteiger charge is -2.44. The van der Waals surface area contributed by atoms with Crippen molar-refractivity contribution in [3.8, 4) is 0 Å². The smallest absolute Gasteiger partial charge is 0.0830 e. The molecular weight excluding hydrogens is 162 g/mol. The zero-order chi connectivity index (χ0) is 9.90. The van der Waals surface area contributed by atoms with Gasteiger partial charge in [-0.05, 0) is 25.3 Å². The summed E-state index contributed by atoms with van der Waals surface area (Å²) in [5.74, 6) is 1.46.